The third kappa shape index (κ3) is 5.69. The molecule has 4 rings (SSSR count). The molecule has 0 aliphatic heterocycles. The van der Waals surface area contributed by atoms with Crippen molar-refractivity contribution in [2.45, 2.75) is 58.1 Å². The third-order valence-electron chi connectivity index (χ3n) is 5.91. The van der Waals surface area contributed by atoms with Gasteiger partial charge in [-0.05, 0) is 80.6 Å². The molecule has 5 heteroatoms. The molecule has 2 unspecified atom stereocenters. The molecule has 0 spiro atoms. The number of halogens is 1. The van der Waals surface area contributed by atoms with E-state index in [0.717, 1.165) is 35.5 Å². The molecule has 3 aromatic carbocycles. The molecular formula is C28H30ClNO3. The second-order valence-electron chi connectivity index (χ2n) is 9.55. The molecule has 0 radical (unpaired) electrons. The van der Waals surface area contributed by atoms with Gasteiger partial charge in [0.25, 0.3) is 0 Å². The van der Waals surface area contributed by atoms with Gasteiger partial charge in [0.05, 0.1) is 0 Å². The maximum absolute atomic E-state index is 12.3. The molecule has 1 N–H and O–H groups in total. The van der Waals surface area contributed by atoms with Gasteiger partial charge in [-0.3, -0.25) is 0 Å². The van der Waals surface area contributed by atoms with Crippen molar-refractivity contribution in [1.29, 1.82) is 0 Å². The number of hydrogen-bond acceptors (Lipinski definition) is 3. The summed E-state index contributed by atoms with van der Waals surface area (Å²) in [6.45, 7) is 7.76. The molecule has 0 bridgehead atoms. The zero-order valence-corrected chi connectivity index (χ0v) is 20.3. The summed E-state index contributed by atoms with van der Waals surface area (Å²) in [6.07, 6.45) is 1.42. The lowest BCUT2D eigenvalue weighted by Gasteiger charge is -2.33. The Hall–Kier alpha value is -2.98. The summed E-state index contributed by atoms with van der Waals surface area (Å²) < 4.78 is 11.8. The lowest BCUT2D eigenvalue weighted by Crippen LogP contribution is -2.43. The maximum atomic E-state index is 12.3. The molecule has 1 aliphatic carbocycles. The summed E-state index contributed by atoms with van der Waals surface area (Å²) in [7, 11) is 0. The summed E-state index contributed by atoms with van der Waals surface area (Å²) in [6, 6.07) is 22.0. The van der Waals surface area contributed by atoms with Crippen LogP contribution in [0.15, 0.2) is 66.7 Å². The van der Waals surface area contributed by atoms with E-state index in [1.165, 1.54) is 11.1 Å². The summed E-state index contributed by atoms with van der Waals surface area (Å²) >= 11 is 6.06. The Bertz CT molecular complexity index is 1130. The predicted octanol–water partition coefficient (Wildman–Crippen LogP) is 7.74. The van der Waals surface area contributed by atoms with E-state index in [4.69, 9.17) is 21.1 Å². The van der Waals surface area contributed by atoms with Crippen molar-refractivity contribution in [2.24, 2.45) is 0 Å². The van der Waals surface area contributed by atoms with Crippen LogP contribution < -0.4 is 10.1 Å². The van der Waals surface area contributed by atoms with Gasteiger partial charge in [0.1, 0.15) is 17.1 Å². The largest absolute Gasteiger partial charge is 0.457 e. The highest BCUT2D eigenvalue weighted by molar-refractivity contribution is 6.30. The van der Waals surface area contributed by atoms with Gasteiger partial charge in [0.2, 0.25) is 0 Å². The Morgan fingerprint density at radius 2 is 1.76 bits per heavy atom. The zero-order valence-electron chi connectivity index (χ0n) is 19.5. The van der Waals surface area contributed by atoms with E-state index in [1.807, 2.05) is 75.4 Å². The van der Waals surface area contributed by atoms with Gasteiger partial charge in [-0.25, -0.2) is 4.79 Å². The first-order valence-corrected chi connectivity index (χ1v) is 11.7. The van der Waals surface area contributed by atoms with Crippen molar-refractivity contribution in [3.05, 3.63) is 82.9 Å². The Balaban J connectivity index is 1.55. The molecule has 33 heavy (non-hydrogen) atoms. The lowest BCUT2D eigenvalue weighted by atomic mass is 9.80. The van der Waals surface area contributed by atoms with Crippen molar-refractivity contribution in [3.8, 4) is 22.6 Å². The summed E-state index contributed by atoms with van der Waals surface area (Å²) in [5.41, 5.74) is 4.03. The number of amides is 1. The number of carbonyl (C=O) groups is 1. The SMILES string of the molecule is CC1c2cc(Oc3ccccc3-c3ccc(Cl)cc3)ccc2CCC1NC(=O)OC(C)(C)C. The first-order valence-electron chi connectivity index (χ1n) is 11.3. The molecular weight excluding hydrogens is 434 g/mol. The lowest BCUT2D eigenvalue weighted by molar-refractivity contribution is 0.0493. The minimum absolute atomic E-state index is 0.0175. The standard InChI is InChI=1S/C28H30ClNO3/c1-18-24-17-22(15-11-20(24)12-16-25(18)30-27(31)33-28(2,3)4)32-26-8-6-5-7-23(26)19-9-13-21(29)14-10-19/h5-11,13-15,17-18,25H,12,16H2,1-4H3,(H,30,31). The molecule has 0 heterocycles. The second kappa shape index (κ2) is 9.48. The number of aryl methyl sites for hydroxylation is 1. The monoisotopic (exact) mass is 463 g/mol. The number of rotatable bonds is 4. The van der Waals surface area contributed by atoms with Crippen molar-refractivity contribution in [3.63, 3.8) is 0 Å². The number of alkyl carbamates (subject to hydrolysis) is 1. The van der Waals surface area contributed by atoms with Gasteiger partial charge in [-0.1, -0.05) is 54.9 Å². The van der Waals surface area contributed by atoms with Crippen molar-refractivity contribution in [2.75, 3.05) is 0 Å². The van der Waals surface area contributed by atoms with Crippen LogP contribution in [0.4, 0.5) is 4.79 Å². The quantitative estimate of drug-likeness (QED) is 0.430. The summed E-state index contributed by atoms with van der Waals surface area (Å²) in [4.78, 5) is 12.3. The van der Waals surface area contributed by atoms with E-state index >= 15 is 0 Å². The van der Waals surface area contributed by atoms with Crippen LogP contribution in [0.5, 0.6) is 11.5 Å². The number of para-hydroxylation sites is 1. The van der Waals surface area contributed by atoms with Crippen molar-refractivity contribution in [1.82, 2.24) is 5.32 Å². The fourth-order valence-electron chi connectivity index (χ4n) is 4.27. The predicted molar refractivity (Wildman–Crippen MR) is 133 cm³/mol. The molecule has 4 nitrogen and oxygen atoms in total. The number of carbonyl (C=O) groups excluding carboxylic acids is 1. The fraction of sp³-hybridized carbons (Fsp3) is 0.321. The minimum Gasteiger partial charge on any atom is -0.457 e. The van der Waals surface area contributed by atoms with Crippen LogP contribution >= 0.6 is 11.6 Å². The Morgan fingerprint density at radius 1 is 1.03 bits per heavy atom. The molecule has 2 atom stereocenters. The molecule has 0 saturated heterocycles. The van der Waals surface area contributed by atoms with E-state index < -0.39 is 5.60 Å². The van der Waals surface area contributed by atoms with E-state index in [2.05, 4.69) is 24.4 Å². The number of ether oxygens (including phenoxy) is 2. The van der Waals surface area contributed by atoms with Crippen LogP contribution in [0.3, 0.4) is 0 Å². The van der Waals surface area contributed by atoms with Gasteiger partial charge in [-0.2, -0.15) is 0 Å². The molecule has 1 amide bonds. The second-order valence-corrected chi connectivity index (χ2v) is 9.98. The Labute approximate surface area is 200 Å². The first-order chi connectivity index (χ1) is 15.7. The smallest absolute Gasteiger partial charge is 0.407 e. The van der Waals surface area contributed by atoms with Crippen molar-refractivity contribution < 1.29 is 14.3 Å². The minimum atomic E-state index is -0.515. The molecule has 172 valence electrons. The van der Waals surface area contributed by atoms with Crippen LogP contribution in [-0.2, 0) is 11.2 Å². The molecule has 3 aromatic rings. The van der Waals surface area contributed by atoms with Crippen LogP contribution in [0.1, 0.15) is 51.2 Å². The number of fused-ring (bicyclic) bond motifs is 1. The highest BCUT2D eigenvalue weighted by Gasteiger charge is 2.29. The normalized spacial score (nSPS) is 17.7. The van der Waals surface area contributed by atoms with Crippen LogP contribution in [0.25, 0.3) is 11.1 Å². The average molecular weight is 464 g/mol. The molecule has 0 saturated carbocycles. The summed E-state index contributed by atoms with van der Waals surface area (Å²) in [5.74, 6) is 1.71. The van der Waals surface area contributed by atoms with Gasteiger partial charge >= 0.3 is 6.09 Å². The summed E-state index contributed by atoms with van der Waals surface area (Å²) in [5, 5.41) is 3.76. The maximum Gasteiger partial charge on any atom is 0.407 e. The average Bonchev–Trinajstić information content (AvgIpc) is 2.76. The van der Waals surface area contributed by atoms with E-state index in [0.29, 0.717) is 5.02 Å². The highest BCUT2D eigenvalue weighted by Crippen LogP contribution is 2.38. The Kier molecular flexibility index (Phi) is 6.66. The van der Waals surface area contributed by atoms with E-state index in [-0.39, 0.29) is 18.1 Å². The molecule has 0 fully saturated rings. The van der Waals surface area contributed by atoms with E-state index in [1.54, 1.807) is 0 Å². The van der Waals surface area contributed by atoms with E-state index in [9.17, 15) is 4.79 Å². The number of benzene rings is 3. The van der Waals surface area contributed by atoms with Crippen LogP contribution in [0.2, 0.25) is 5.02 Å². The Morgan fingerprint density at radius 3 is 2.48 bits per heavy atom. The first kappa shape index (κ1) is 23.2. The topological polar surface area (TPSA) is 47.6 Å². The molecule has 1 aliphatic rings. The highest BCUT2D eigenvalue weighted by atomic mass is 35.5. The number of hydrogen-bond donors (Lipinski definition) is 1. The fourth-order valence-corrected chi connectivity index (χ4v) is 4.40. The van der Waals surface area contributed by atoms with Crippen LogP contribution in [0, 0.1) is 0 Å². The zero-order chi connectivity index (χ0) is 23.6. The number of nitrogens with one attached hydrogen (secondary N) is 1. The van der Waals surface area contributed by atoms with Crippen molar-refractivity contribution >= 4 is 17.7 Å². The molecule has 0 aromatic heterocycles. The van der Waals surface area contributed by atoms with Gasteiger partial charge in [0.15, 0.2) is 0 Å². The van der Waals surface area contributed by atoms with Crippen LogP contribution in [-0.4, -0.2) is 17.7 Å². The third-order valence-corrected chi connectivity index (χ3v) is 6.16. The van der Waals surface area contributed by atoms with Gasteiger partial charge in [0, 0.05) is 22.5 Å². The van der Waals surface area contributed by atoms with Gasteiger partial charge < -0.3 is 14.8 Å². The van der Waals surface area contributed by atoms with Gasteiger partial charge in [-0.15, -0.1) is 0 Å².